The summed E-state index contributed by atoms with van der Waals surface area (Å²) in [4.78, 5) is 24.5. The Morgan fingerprint density at radius 3 is 2.45 bits per heavy atom. The summed E-state index contributed by atoms with van der Waals surface area (Å²) in [6.45, 7) is -1.48. The van der Waals surface area contributed by atoms with Crippen LogP contribution in [0.3, 0.4) is 0 Å². The number of alkyl halides is 3. The van der Waals surface area contributed by atoms with Crippen molar-refractivity contribution in [2.24, 2.45) is 0 Å². The highest BCUT2D eigenvalue weighted by Crippen LogP contribution is 2.27. The molecule has 0 saturated carbocycles. The van der Waals surface area contributed by atoms with Gasteiger partial charge in [0.1, 0.15) is 5.75 Å². The molecule has 0 atom stereocenters. The molecule has 6 nitrogen and oxygen atoms in total. The summed E-state index contributed by atoms with van der Waals surface area (Å²) in [6, 6.07) is 14.9. The van der Waals surface area contributed by atoms with Crippen molar-refractivity contribution >= 4 is 23.2 Å². The van der Waals surface area contributed by atoms with E-state index in [2.05, 4.69) is 10.6 Å². The minimum Gasteiger partial charge on any atom is -0.482 e. The molecule has 0 radical (unpaired) electrons. The molecule has 3 aromatic rings. The van der Waals surface area contributed by atoms with Crippen LogP contribution in [0, 0.1) is 0 Å². The molecule has 2 aromatic carbocycles. The fourth-order valence-corrected chi connectivity index (χ4v) is 2.39. The molecule has 0 fully saturated rings. The standard InChI is InChI=1S/C20H15F3N2O4/c21-20(22,23)12-29-16-8-2-1-7-15(16)25-18(26)13-5-3-6-14(11-13)24-19(27)17-9-4-10-28-17/h1-11H,12H2,(H,24,27)(H,25,26). The fourth-order valence-electron chi connectivity index (χ4n) is 2.39. The van der Waals surface area contributed by atoms with Gasteiger partial charge in [-0.2, -0.15) is 13.2 Å². The Morgan fingerprint density at radius 1 is 0.931 bits per heavy atom. The molecule has 0 bridgehead atoms. The van der Waals surface area contributed by atoms with Gasteiger partial charge in [-0.05, 0) is 42.5 Å². The van der Waals surface area contributed by atoms with Crippen LogP contribution in [0.15, 0.2) is 71.3 Å². The summed E-state index contributed by atoms with van der Waals surface area (Å²) < 4.78 is 46.9. The first kappa shape index (κ1) is 20.0. The first-order chi connectivity index (χ1) is 13.8. The number of carbonyl (C=O) groups excluding carboxylic acids is 2. The van der Waals surface area contributed by atoms with Gasteiger partial charge in [0.25, 0.3) is 11.8 Å². The van der Waals surface area contributed by atoms with Crippen LogP contribution < -0.4 is 15.4 Å². The Bertz CT molecular complexity index is 1000. The molecular formula is C20H15F3N2O4. The number of carbonyl (C=O) groups is 2. The second-order valence-corrected chi connectivity index (χ2v) is 5.87. The molecule has 0 aliphatic rings. The van der Waals surface area contributed by atoms with Crippen LogP contribution in [0.4, 0.5) is 24.5 Å². The fraction of sp³-hybridized carbons (Fsp3) is 0.100. The number of hydrogen-bond acceptors (Lipinski definition) is 4. The number of hydrogen-bond donors (Lipinski definition) is 2. The van der Waals surface area contributed by atoms with Gasteiger partial charge in [0.05, 0.1) is 12.0 Å². The van der Waals surface area contributed by atoms with Gasteiger partial charge < -0.3 is 19.8 Å². The van der Waals surface area contributed by atoms with Crippen LogP contribution in [0.25, 0.3) is 0 Å². The third kappa shape index (κ3) is 5.61. The normalized spacial score (nSPS) is 11.0. The lowest BCUT2D eigenvalue weighted by molar-refractivity contribution is -0.153. The molecule has 0 aliphatic heterocycles. The number of amides is 2. The van der Waals surface area contributed by atoms with Crippen molar-refractivity contribution in [3.8, 4) is 5.75 Å². The molecule has 0 unspecified atom stereocenters. The maximum Gasteiger partial charge on any atom is 0.422 e. The van der Waals surface area contributed by atoms with Crippen molar-refractivity contribution in [3.05, 3.63) is 78.3 Å². The van der Waals surface area contributed by atoms with E-state index >= 15 is 0 Å². The van der Waals surface area contributed by atoms with E-state index in [1.807, 2.05) is 0 Å². The zero-order chi connectivity index (χ0) is 20.9. The SMILES string of the molecule is O=C(Nc1ccccc1OCC(F)(F)F)c1cccc(NC(=O)c2ccco2)c1. The number of benzene rings is 2. The van der Waals surface area contributed by atoms with E-state index in [0.29, 0.717) is 5.69 Å². The van der Waals surface area contributed by atoms with Gasteiger partial charge in [0.2, 0.25) is 0 Å². The maximum atomic E-state index is 12.5. The number of halogens is 3. The van der Waals surface area contributed by atoms with E-state index in [-0.39, 0.29) is 22.8 Å². The van der Waals surface area contributed by atoms with Crippen molar-refractivity contribution in [3.63, 3.8) is 0 Å². The van der Waals surface area contributed by atoms with Crippen molar-refractivity contribution in [2.45, 2.75) is 6.18 Å². The number of rotatable bonds is 6. The van der Waals surface area contributed by atoms with Gasteiger partial charge in [0.15, 0.2) is 12.4 Å². The Kier molecular flexibility index (Phi) is 5.87. The second kappa shape index (κ2) is 8.51. The summed E-state index contributed by atoms with van der Waals surface area (Å²) in [5.74, 6) is -1.07. The quantitative estimate of drug-likeness (QED) is 0.623. The largest absolute Gasteiger partial charge is 0.482 e. The second-order valence-electron chi connectivity index (χ2n) is 5.87. The van der Waals surface area contributed by atoms with Crippen LogP contribution in [-0.2, 0) is 0 Å². The van der Waals surface area contributed by atoms with Crippen molar-refractivity contribution in [1.29, 1.82) is 0 Å². The molecule has 0 saturated heterocycles. The highest BCUT2D eigenvalue weighted by Gasteiger charge is 2.29. The van der Waals surface area contributed by atoms with Crippen molar-refractivity contribution in [2.75, 3.05) is 17.2 Å². The molecular weight excluding hydrogens is 389 g/mol. The molecule has 2 N–H and O–H groups in total. The third-order valence-corrected chi connectivity index (χ3v) is 3.65. The molecule has 29 heavy (non-hydrogen) atoms. The zero-order valence-corrected chi connectivity index (χ0v) is 14.8. The molecule has 2 amide bonds. The summed E-state index contributed by atoms with van der Waals surface area (Å²) in [7, 11) is 0. The highest BCUT2D eigenvalue weighted by atomic mass is 19.4. The van der Waals surface area contributed by atoms with Crippen LogP contribution >= 0.6 is 0 Å². The molecule has 9 heteroatoms. The van der Waals surface area contributed by atoms with Gasteiger partial charge in [-0.1, -0.05) is 18.2 Å². The Balaban J connectivity index is 1.71. The van der Waals surface area contributed by atoms with Crippen LogP contribution in [0.2, 0.25) is 0 Å². The minimum absolute atomic E-state index is 0.0896. The van der Waals surface area contributed by atoms with Crippen molar-refractivity contribution < 1.29 is 31.9 Å². The third-order valence-electron chi connectivity index (χ3n) is 3.65. The van der Waals surface area contributed by atoms with E-state index < -0.39 is 24.6 Å². The predicted octanol–water partition coefficient (Wildman–Crippen LogP) is 4.73. The van der Waals surface area contributed by atoms with E-state index in [0.717, 1.165) is 0 Å². The van der Waals surface area contributed by atoms with E-state index in [1.165, 1.54) is 42.7 Å². The molecule has 1 aromatic heterocycles. The minimum atomic E-state index is -4.50. The summed E-state index contributed by atoms with van der Waals surface area (Å²) in [5.41, 5.74) is 0.625. The van der Waals surface area contributed by atoms with Crippen LogP contribution in [0.5, 0.6) is 5.75 Å². The van der Waals surface area contributed by atoms with Gasteiger partial charge in [-0.3, -0.25) is 9.59 Å². The average Bonchev–Trinajstić information content (AvgIpc) is 3.22. The average molecular weight is 404 g/mol. The van der Waals surface area contributed by atoms with Crippen molar-refractivity contribution in [1.82, 2.24) is 0 Å². The van der Waals surface area contributed by atoms with Crippen LogP contribution in [-0.4, -0.2) is 24.6 Å². The Labute approximate surface area is 163 Å². The Hall–Kier alpha value is -3.75. The van der Waals surface area contributed by atoms with Gasteiger partial charge in [-0.25, -0.2) is 0 Å². The van der Waals surface area contributed by atoms with E-state index in [9.17, 15) is 22.8 Å². The monoisotopic (exact) mass is 404 g/mol. The number of ether oxygens (including phenoxy) is 1. The number of furan rings is 1. The number of nitrogens with one attached hydrogen (secondary N) is 2. The van der Waals surface area contributed by atoms with Crippen LogP contribution in [0.1, 0.15) is 20.9 Å². The summed E-state index contributed by atoms with van der Waals surface area (Å²) in [6.07, 6.45) is -3.14. The molecule has 0 spiro atoms. The molecule has 1 heterocycles. The smallest absolute Gasteiger partial charge is 0.422 e. The lowest BCUT2D eigenvalue weighted by Crippen LogP contribution is -2.20. The lowest BCUT2D eigenvalue weighted by Gasteiger charge is -2.14. The topological polar surface area (TPSA) is 80.6 Å². The van der Waals surface area contributed by atoms with Gasteiger partial charge in [-0.15, -0.1) is 0 Å². The maximum absolute atomic E-state index is 12.5. The first-order valence-electron chi connectivity index (χ1n) is 8.37. The van der Waals surface area contributed by atoms with Gasteiger partial charge >= 0.3 is 6.18 Å². The Morgan fingerprint density at radius 2 is 1.72 bits per heavy atom. The summed E-state index contributed by atoms with van der Waals surface area (Å²) >= 11 is 0. The van der Waals surface area contributed by atoms with Gasteiger partial charge in [0, 0.05) is 11.3 Å². The number of para-hydroxylation sites is 2. The van der Waals surface area contributed by atoms with E-state index in [4.69, 9.17) is 9.15 Å². The molecule has 150 valence electrons. The predicted molar refractivity (Wildman–Crippen MR) is 99.0 cm³/mol. The lowest BCUT2D eigenvalue weighted by atomic mass is 10.1. The highest BCUT2D eigenvalue weighted by molar-refractivity contribution is 6.07. The number of anilines is 2. The first-order valence-corrected chi connectivity index (χ1v) is 8.37. The molecule has 0 aliphatic carbocycles. The summed E-state index contributed by atoms with van der Waals surface area (Å²) in [5, 5.41) is 5.10. The molecule has 3 rings (SSSR count). The zero-order valence-electron chi connectivity index (χ0n) is 14.8. The van der Waals surface area contributed by atoms with E-state index in [1.54, 1.807) is 24.3 Å².